The Kier molecular flexibility index (Phi) is 2.50. The lowest BCUT2D eigenvalue weighted by molar-refractivity contribution is 0.173. The third kappa shape index (κ3) is 1.36. The van der Waals surface area contributed by atoms with Gasteiger partial charge in [0.05, 0.1) is 0 Å². The molecule has 2 atom stereocenters. The summed E-state index contributed by atoms with van der Waals surface area (Å²) in [5.41, 5.74) is 3.91. The number of anilines is 1. The molecule has 1 aliphatic heterocycles. The predicted octanol–water partition coefficient (Wildman–Crippen LogP) is 2.82. The monoisotopic (exact) mass is 219 g/mol. The van der Waals surface area contributed by atoms with Crippen LogP contribution in [0.4, 0.5) is 5.69 Å². The van der Waals surface area contributed by atoms with E-state index in [1.807, 2.05) is 6.92 Å². The molecule has 0 saturated heterocycles. The van der Waals surface area contributed by atoms with Crippen molar-refractivity contribution < 1.29 is 5.11 Å². The lowest BCUT2D eigenvalue weighted by Crippen LogP contribution is -2.43. The summed E-state index contributed by atoms with van der Waals surface area (Å²) < 4.78 is 0. The van der Waals surface area contributed by atoms with Crippen molar-refractivity contribution in [3.05, 3.63) is 29.3 Å². The third-order valence-corrected chi connectivity index (χ3v) is 4.05. The summed E-state index contributed by atoms with van der Waals surface area (Å²) in [6.45, 7) is 10.6. The fourth-order valence-electron chi connectivity index (χ4n) is 2.80. The van der Waals surface area contributed by atoms with Crippen LogP contribution in [-0.4, -0.2) is 17.4 Å². The summed E-state index contributed by atoms with van der Waals surface area (Å²) in [6, 6.07) is 6.72. The van der Waals surface area contributed by atoms with Gasteiger partial charge >= 0.3 is 0 Å². The third-order valence-electron chi connectivity index (χ3n) is 4.05. The van der Waals surface area contributed by atoms with Crippen LogP contribution in [0.2, 0.25) is 0 Å². The fraction of sp³-hybridized carbons (Fsp3) is 0.571. The molecule has 2 unspecified atom stereocenters. The van der Waals surface area contributed by atoms with Crippen LogP contribution in [0.5, 0.6) is 0 Å². The minimum Gasteiger partial charge on any atom is -0.374 e. The molecule has 0 bridgehead atoms. The van der Waals surface area contributed by atoms with E-state index in [-0.39, 0.29) is 5.41 Å². The summed E-state index contributed by atoms with van der Waals surface area (Å²) >= 11 is 0. The molecule has 88 valence electrons. The smallest absolute Gasteiger partial charge is 0.124 e. The normalized spacial score (nSPS) is 24.4. The Bertz CT molecular complexity index is 409. The minimum atomic E-state index is -0.434. The van der Waals surface area contributed by atoms with Crippen LogP contribution in [0, 0.1) is 6.92 Å². The SMILES string of the molecule is Cc1cccc2c1N(C(C)O)C(C)C2(C)C. The first-order chi connectivity index (χ1) is 7.37. The molecule has 0 saturated carbocycles. The summed E-state index contributed by atoms with van der Waals surface area (Å²) in [4.78, 5) is 2.13. The first-order valence-corrected chi connectivity index (χ1v) is 5.94. The number of hydrogen-bond acceptors (Lipinski definition) is 2. The number of fused-ring (bicyclic) bond motifs is 1. The van der Waals surface area contributed by atoms with Crippen LogP contribution >= 0.6 is 0 Å². The summed E-state index contributed by atoms with van der Waals surface area (Å²) in [7, 11) is 0. The zero-order chi connectivity index (χ0) is 12.1. The highest BCUT2D eigenvalue weighted by molar-refractivity contribution is 5.68. The molecule has 1 aromatic carbocycles. The van der Waals surface area contributed by atoms with E-state index >= 15 is 0 Å². The van der Waals surface area contributed by atoms with Crippen LogP contribution in [0.3, 0.4) is 0 Å². The molecule has 1 N–H and O–H groups in total. The molecule has 0 spiro atoms. The largest absolute Gasteiger partial charge is 0.374 e. The van der Waals surface area contributed by atoms with Crippen LogP contribution in [0.15, 0.2) is 18.2 Å². The lowest BCUT2D eigenvalue weighted by atomic mass is 9.81. The van der Waals surface area contributed by atoms with Crippen molar-refractivity contribution in [1.82, 2.24) is 0 Å². The van der Waals surface area contributed by atoms with E-state index in [1.54, 1.807) is 0 Å². The maximum absolute atomic E-state index is 9.95. The first kappa shape index (κ1) is 11.5. The Labute approximate surface area is 97.9 Å². The van der Waals surface area contributed by atoms with E-state index in [0.717, 1.165) is 0 Å². The van der Waals surface area contributed by atoms with Crippen molar-refractivity contribution >= 4 is 5.69 Å². The maximum atomic E-state index is 9.95. The van der Waals surface area contributed by atoms with Gasteiger partial charge in [0.15, 0.2) is 0 Å². The summed E-state index contributed by atoms with van der Waals surface area (Å²) in [5, 5.41) is 9.95. The van der Waals surface area contributed by atoms with Gasteiger partial charge in [-0.05, 0) is 31.9 Å². The standard InChI is InChI=1S/C14H21NO/c1-9-7-6-8-12-13(9)15(11(3)16)10(2)14(12,4)5/h6-8,10-11,16H,1-5H3. The molecular weight excluding hydrogens is 198 g/mol. The van der Waals surface area contributed by atoms with Crippen molar-refractivity contribution in [2.45, 2.75) is 52.3 Å². The number of hydrogen-bond donors (Lipinski definition) is 1. The lowest BCUT2D eigenvalue weighted by Gasteiger charge is -2.33. The van der Waals surface area contributed by atoms with Gasteiger partial charge < -0.3 is 10.0 Å². The van der Waals surface area contributed by atoms with Crippen molar-refractivity contribution in [2.75, 3.05) is 4.90 Å². The van der Waals surface area contributed by atoms with Crippen molar-refractivity contribution in [2.24, 2.45) is 0 Å². The maximum Gasteiger partial charge on any atom is 0.124 e. The average Bonchev–Trinajstić information content (AvgIpc) is 2.38. The quantitative estimate of drug-likeness (QED) is 0.785. The van der Waals surface area contributed by atoms with Crippen molar-refractivity contribution in [3.63, 3.8) is 0 Å². The van der Waals surface area contributed by atoms with Gasteiger partial charge in [-0.2, -0.15) is 0 Å². The molecule has 0 aromatic heterocycles. The van der Waals surface area contributed by atoms with E-state index in [4.69, 9.17) is 0 Å². The van der Waals surface area contributed by atoms with E-state index in [0.29, 0.717) is 6.04 Å². The Balaban J connectivity index is 2.65. The molecule has 2 rings (SSSR count). The van der Waals surface area contributed by atoms with Gasteiger partial charge in [-0.15, -0.1) is 0 Å². The van der Waals surface area contributed by atoms with Crippen LogP contribution in [-0.2, 0) is 5.41 Å². The second kappa shape index (κ2) is 3.49. The molecule has 2 nitrogen and oxygen atoms in total. The van der Waals surface area contributed by atoms with Gasteiger partial charge in [0.1, 0.15) is 6.23 Å². The van der Waals surface area contributed by atoms with E-state index in [9.17, 15) is 5.11 Å². The number of para-hydroxylation sites is 1. The Morgan fingerprint density at radius 3 is 2.56 bits per heavy atom. The molecule has 2 heteroatoms. The molecule has 16 heavy (non-hydrogen) atoms. The molecule has 1 aromatic rings. The highest BCUT2D eigenvalue weighted by Crippen LogP contribution is 2.47. The molecule has 0 fully saturated rings. The second-order valence-corrected chi connectivity index (χ2v) is 5.41. The highest BCUT2D eigenvalue weighted by atomic mass is 16.3. The van der Waals surface area contributed by atoms with E-state index in [1.165, 1.54) is 16.8 Å². The van der Waals surface area contributed by atoms with E-state index < -0.39 is 6.23 Å². The van der Waals surface area contributed by atoms with Crippen molar-refractivity contribution in [1.29, 1.82) is 0 Å². The Morgan fingerprint density at radius 2 is 2.00 bits per heavy atom. The van der Waals surface area contributed by atoms with Gasteiger partial charge in [0.2, 0.25) is 0 Å². The zero-order valence-corrected chi connectivity index (χ0v) is 10.8. The van der Waals surface area contributed by atoms with Gasteiger partial charge in [-0.1, -0.05) is 32.0 Å². The number of benzene rings is 1. The number of aliphatic hydroxyl groups excluding tert-OH is 1. The summed E-state index contributed by atoms with van der Waals surface area (Å²) in [5.74, 6) is 0. The number of nitrogens with zero attached hydrogens (tertiary/aromatic N) is 1. The van der Waals surface area contributed by atoms with E-state index in [2.05, 4.69) is 50.8 Å². The Morgan fingerprint density at radius 1 is 1.38 bits per heavy atom. The number of aryl methyl sites for hydroxylation is 1. The van der Waals surface area contributed by atoms with Gasteiger partial charge in [-0.3, -0.25) is 0 Å². The second-order valence-electron chi connectivity index (χ2n) is 5.41. The topological polar surface area (TPSA) is 23.5 Å². The molecule has 0 aliphatic carbocycles. The minimum absolute atomic E-state index is 0.0956. The van der Waals surface area contributed by atoms with Gasteiger partial charge in [-0.25, -0.2) is 0 Å². The van der Waals surface area contributed by atoms with Crippen LogP contribution < -0.4 is 4.90 Å². The molecule has 1 heterocycles. The average molecular weight is 219 g/mol. The van der Waals surface area contributed by atoms with Crippen LogP contribution in [0.25, 0.3) is 0 Å². The fourth-order valence-corrected chi connectivity index (χ4v) is 2.80. The molecular formula is C14H21NO. The van der Waals surface area contributed by atoms with Crippen molar-refractivity contribution in [3.8, 4) is 0 Å². The highest BCUT2D eigenvalue weighted by Gasteiger charge is 2.43. The van der Waals surface area contributed by atoms with Gasteiger partial charge in [0.25, 0.3) is 0 Å². The number of rotatable bonds is 1. The predicted molar refractivity (Wildman–Crippen MR) is 67.8 cm³/mol. The zero-order valence-electron chi connectivity index (χ0n) is 10.8. The number of aliphatic hydroxyl groups is 1. The summed E-state index contributed by atoms with van der Waals surface area (Å²) in [6.07, 6.45) is -0.434. The van der Waals surface area contributed by atoms with Crippen LogP contribution in [0.1, 0.15) is 38.8 Å². The van der Waals surface area contributed by atoms with Gasteiger partial charge in [0, 0.05) is 17.1 Å². The molecule has 0 radical (unpaired) electrons. The molecule has 0 amide bonds. The molecule has 1 aliphatic rings. The Hall–Kier alpha value is -1.02. The first-order valence-electron chi connectivity index (χ1n) is 5.94.